The largest absolute Gasteiger partial charge is 0.494 e. The van der Waals surface area contributed by atoms with Gasteiger partial charge in [0.15, 0.2) is 0 Å². The van der Waals surface area contributed by atoms with Gasteiger partial charge < -0.3 is 4.74 Å². The maximum Gasteiger partial charge on any atom is 0.240 e. The number of nitrogens with one attached hydrogen (secondary N) is 1. The molecule has 0 atom stereocenters. The zero-order valence-electron chi connectivity index (χ0n) is 12.3. The summed E-state index contributed by atoms with van der Waals surface area (Å²) < 4.78 is 32.5. The summed E-state index contributed by atoms with van der Waals surface area (Å²) in [7, 11) is -3.45. The van der Waals surface area contributed by atoms with E-state index in [0.717, 1.165) is 11.3 Å². The van der Waals surface area contributed by atoms with Crippen molar-refractivity contribution in [2.45, 2.75) is 39.5 Å². The second-order valence-corrected chi connectivity index (χ2v) is 6.80. The predicted molar refractivity (Wildman–Crippen MR) is 77.1 cm³/mol. The number of rotatable bonds is 6. The van der Waals surface area contributed by atoms with Crippen LogP contribution in [0.5, 0.6) is 5.75 Å². The number of ether oxygens (including phenoxy) is 1. The SMILES string of the molecule is CCOc1cc(C)c(S(=O)(=O)NCC(C)C)cc1C. The summed E-state index contributed by atoms with van der Waals surface area (Å²) in [4.78, 5) is 0.328. The molecule has 0 bridgehead atoms. The van der Waals surface area contributed by atoms with Crippen molar-refractivity contribution < 1.29 is 13.2 Å². The Hall–Kier alpha value is -1.07. The molecule has 0 spiro atoms. The fourth-order valence-corrected chi connectivity index (χ4v) is 3.24. The number of benzene rings is 1. The fourth-order valence-electron chi connectivity index (χ4n) is 1.72. The van der Waals surface area contributed by atoms with E-state index in [1.54, 1.807) is 19.1 Å². The first-order chi connectivity index (χ1) is 8.77. The second kappa shape index (κ2) is 6.39. The highest BCUT2D eigenvalue weighted by Gasteiger charge is 2.18. The van der Waals surface area contributed by atoms with E-state index in [2.05, 4.69) is 4.72 Å². The van der Waals surface area contributed by atoms with E-state index >= 15 is 0 Å². The molecular weight excluding hydrogens is 262 g/mol. The Morgan fingerprint density at radius 2 is 1.84 bits per heavy atom. The molecule has 0 aliphatic heterocycles. The summed E-state index contributed by atoms with van der Waals surface area (Å²) in [6, 6.07) is 3.45. The van der Waals surface area contributed by atoms with Crippen molar-refractivity contribution in [2.75, 3.05) is 13.2 Å². The standard InChI is InChI=1S/C14H23NO3S/c1-6-18-13-7-12(5)14(8-11(13)4)19(16,17)15-9-10(2)3/h7-8,10,15H,6,9H2,1-5H3. The molecule has 0 heterocycles. The Labute approximate surface area is 116 Å². The van der Waals surface area contributed by atoms with Gasteiger partial charge in [-0.1, -0.05) is 13.8 Å². The summed E-state index contributed by atoms with van der Waals surface area (Å²) in [5.74, 6) is 1.02. The first kappa shape index (κ1) is 16.0. The van der Waals surface area contributed by atoms with E-state index in [9.17, 15) is 8.42 Å². The summed E-state index contributed by atoms with van der Waals surface area (Å²) in [6.45, 7) is 10.5. The summed E-state index contributed by atoms with van der Waals surface area (Å²) >= 11 is 0. The van der Waals surface area contributed by atoms with Crippen molar-refractivity contribution in [3.63, 3.8) is 0 Å². The van der Waals surface area contributed by atoms with Gasteiger partial charge in [0.25, 0.3) is 0 Å². The van der Waals surface area contributed by atoms with Crippen molar-refractivity contribution in [3.05, 3.63) is 23.3 Å². The van der Waals surface area contributed by atoms with E-state index < -0.39 is 10.0 Å². The van der Waals surface area contributed by atoms with Gasteiger partial charge in [-0.05, 0) is 49.9 Å². The van der Waals surface area contributed by atoms with Crippen LogP contribution >= 0.6 is 0 Å². The van der Waals surface area contributed by atoms with E-state index in [0.29, 0.717) is 23.6 Å². The van der Waals surface area contributed by atoms with Gasteiger partial charge in [0.05, 0.1) is 11.5 Å². The van der Waals surface area contributed by atoms with Crippen LogP contribution in [0, 0.1) is 19.8 Å². The van der Waals surface area contributed by atoms with Crippen molar-refractivity contribution >= 4 is 10.0 Å². The summed E-state index contributed by atoms with van der Waals surface area (Å²) in [5.41, 5.74) is 1.53. The topological polar surface area (TPSA) is 55.4 Å². The van der Waals surface area contributed by atoms with Crippen LogP contribution in [-0.4, -0.2) is 21.6 Å². The molecule has 0 radical (unpaired) electrons. The highest BCUT2D eigenvalue weighted by Crippen LogP contribution is 2.25. The normalized spacial score (nSPS) is 11.9. The van der Waals surface area contributed by atoms with Gasteiger partial charge in [-0.3, -0.25) is 0 Å². The minimum absolute atomic E-state index is 0.277. The Morgan fingerprint density at radius 3 is 2.37 bits per heavy atom. The molecule has 4 nitrogen and oxygen atoms in total. The van der Waals surface area contributed by atoms with E-state index in [1.807, 2.05) is 27.7 Å². The van der Waals surface area contributed by atoms with Gasteiger partial charge in [-0.2, -0.15) is 0 Å². The first-order valence-electron chi connectivity index (χ1n) is 6.51. The third-order valence-electron chi connectivity index (χ3n) is 2.74. The second-order valence-electron chi connectivity index (χ2n) is 5.06. The number of hydrogen-bond acceptors (Lipinski definition) is 3. The summed E-state index contributed by atoms with van der Waals surface area (Å²) in [6.07, 6.45) is 0. The Bertz CT molecular complexity index is 536. The van der Waals surface area contributed by atoms with Gasteiger partial charge in [-0.15, -0.1) is 0 Å². The quantitative estimate of drug-likeness (QED) is 0.874. The van der Waals surface area contributed by atoms with Crippen LogP contribution in [0.3, 0.4) is 0 Å². The van der Waals surface area contributed by atoms with Gasteiger partial charge in [0, 0.05) is 6.54 Å². The maximum atomic E-state index is 12.2. The highest BCUT2D eigenvalue weighted by molar-refractivity contribution is 7.89. The molecule has 108 valence electrons. The number of aryl methyl sites for hydroxylation is 2. The minimum atomic E-state index is -3.45. The van der Waals surface area contributed by atoms with Gasteiger partial charge in [0.1, 0.15) is 5.75 Å². The van der Waals surface area contributed by atoms with Gasteiger partial charge in [-0.25, -0.2) is 13.1 Å². The first-order valence-corrected chi connectivity index (χ1v) is 8.00. The lowest BCUT2D eigenvalue weighted by Crippen LogP contribution is -2.28. The smallest absolute Gasteiger partial charge is 0.240 e. The summed E-state index contributed by atoms with van der Waals surface area (Å²) in [5, 5.41) is 0. The van der Waals surface area contributed by atoms with Crippen molar-refractivity contribution in [3.8, 4) is 5.75 Å². The Balaban J connectivity index is 3.10. The molecular formula is C14H23NO3S. The molecule has 0 aliphatic rings. The molecule has 1 rings (SSSR count). The average molecular weight is 285 g/mol. The molecule has 0 aromatic heterocycles. The Kier molecular flexibility index (Phi) is 5.38. The molecule has 0 saturated heterocycles. The fraction of sp³-hybridized carbons (Fsp3) is 0.571. The van der Waals surface area contributed by atoms with Gasteiger partial charge in [0.2, 0.25) is 10.0 Å². The number of sulfonamides is 1. The molecule has 19 heavy (non-hydrogen) atoms. The Morgan fingerprint density at radius 1 is 1.21 bits per heavy atom. The third kappa shape index (κ3) is 4.21. The van der Waals surface area contributed by atoms with E-state index in [-0.39, 0.29) is 5.92 Å². The van der Waals surface area contributed by atoms with Crippen LogP contribution < -0.4 is 9.46 Å². The van der Waals surface area contributed by atoms with Crippen molar-refractivity contribution in [2.24, 2.45) is 5.92 Å². The maximum absolute atomic E-state index is 12.2. The zero-order chi connectivity index (χ0) is 14.6. The number of hydrogen-bond donors (Lipinski definition) is 1. The molecule has 0 amide bonds. The van der Waals surface area contributed by atoms with Crippen LogP contribution in [0.15, 0.2) is 17.0 Å². The van der Waals surface area contributed by atoms with Crippen LogP contribution in [0.1, 0.15) is 31.9 Å². The predicted octanol–water partition coefficient (Wildman–Crippen LogP) is 2.64. The van der Waals surface area contributed by atoms with Crippen LogP contribution in [-0.2, 0) is 10.0 Å². The van der Waals surface area contributed by atoms with Crippen LogP contribution in [0.25, 0.3) is 0 Å². The van der Waals surface area contributed by atoms with E-state index in [1.165, 1.54) is 0 Å². The molecule has 1 N–H and O–H groups in total. The molecule has 0 saturated carbocycles. The lowest BCUT2D eigenvalue weighted by molar-refractivity contribution is 0.337. The lowest BCUT2D eigenvalue weighted by atomic mass is 10.1. The molecule has 0 fully saturated rings. The van der Waals surface area contributed by atoms with E-state index in [4.69, 9.17) is 4.74 Å². The molecule has 0 aliphatic carbocycles. The zero-order valence-corrected chi connectivity index (χ0v) is 13.1. The molecule has 1 aromatic carbocycles. The molecule has 5 heteroatoms. The van der Waals surface area contributed by atoms with Crippen LogP contribution in [0.4, 0.5) is 0 Å². The lowest BCUT2D eigenvalue weighted by Gasteiger charge is -2.14. The minimum Gasteiger partial charge on any atom is -0.494 e. The monoisotopic (exact) mass is 285 g/mol. The van der Waals surface area contributed by atoms with Gasteiger partial charge >= 0.3 is 0 Å². The highest BCUT2D eigenvalue weighted by atomic mass is 32.2. The molecule has 0 unspecified atom stereocenters. The van der Waals surface area contributed by atoms with Crippen LogP contribution in [0.2, 0.25) is 0 Å². The van der Waals surface area contributed by atoms with Crippen molar-refractivity contribution in [1.29, 1.82) is 0 Å². The molecule has 1 aromatic rings. The average Bonchev–Trinajstić information content (AvgIpc) is 2.31. The third-order valence-corrected chi connectivity index (χ3v) is 4.31. The van der Waals surface area contributed by atoms with Crippen molar-refractivity contribution in [1.82, 2.24) is 4.72 Å².